The first kappa shape index (κ1) is 26.6. The molecule has 0 saturated heterocycles. The molecular weight excluding hydrogens is 598 g/mol. The number of phenolic OH excluding ortho intramolecular Hbond substituents is 5. The van der Waals surface area contributed by atoms with Crippen molar-refractivity contribution in [3.8, 4) is 56.4 Å². The van der Waals surface area contributed by atoms with Crippen molar-refractivity contribution >= 4 is 54.1 Å². The Morgan fingerprint density at radius 1 is 0.630 bits per heavy atom. The Morgan fingerprint density at radius 2 is 1.26 bits per heavy atom. The summed E-state index contributed by atoms with van der Waals surface area (Å²) in [4.78, 5) is 11.1. The zero-order valence-corrected chi connectivity index (χ0v) is 25.4. The average Bonchev–Trinajstić information content (AvgIpc) is 3.69. The molecule has 1 aliphatic carbocycles. The summed E-state index contributed by atoms with van der Waals surface area (Å²) in [5.74, 6) is -4.33. The standard InChI is InChI=1S/C37H25N3O5S/c1-37(2)22-12-6-3-10-19(22)34-26(37)21-16-15-18-17-9-5-8-14-24(17)40(28(18)35(21)46-34)36-38-23-13-7-4-11-20(23)27(39-36)25-29(41)31(43)33(45)32(44)30(25)42/h3-16,41-45H,1-2H3. The number of hydrogen-bond donors (Lipinski definition) is 5. The molecule has 5 aromatic carbocycles. The van der Waals surface area contributed by atoms with E-state index in [0.29, 0.717) is 10.9 Å². The lowest BCUT2D eigenvalue weighted by Crippen LogP contribution is -2.14. The third-order valence-electron chi connectivity index (χ3n) is 9.36. The summed E-state index contributed by atoms with van der Waals surface area (Å²) < 4.78 is 3.09. The van der Waals surface area contributed by atoms with Crippen LogP contribution in [-0.2, 0) is 5.41 Å². The van der Waals surface area contributed by atoms with Crippen LogP contribution in [-0.4, -0.2) is 40.1 Å². The third kappa shape index (κ3) is 3.22. The van der Waals surface area contributed by atoms with Crippen LogP contribution in [0.2, 0.25) is 0 Å². The summed E-state index contributed by atoms with van der Waals surface area (Å²) in [6, 6.07) is 28.0. The second-order valence-corrected chi connectivity index (χ2v) is 13.2. The van der Waals surface area contributed by atoms with E-state index in [1.807, 2.05) is 28.8 Å². The Morgan fingerprint density at radius 3 is 2.04 bits per heavy atom. The predicted molar refractivity (Wildman–Crippen MR) is 181 cm³/mol. The van der Waals surface area contributed by atoms with Gasteiger partial charge in [-0.3, -0.25) is 4.57 Å². The van der Waals surface area contributed by atoms with Crippen LogP contribution in [0.5, 0.6) is 28.7 Å². The maximum absolute atomic E-state index is 11.0. The van der Waals surface area contributed by atoms with Gasteiger partial charge in [-0.25, -0.2) is 9.97 Å². The first-order chi connectivity index (χ1) is 22.2. The van der Waals surface area contributed by atoms with Crippen molar-refractivity contribution in [1.82, 2.24) is 14.5 Å². The molecule has 8 aromatic rings. The van der Waals surface area contributed by atoms with E-state index in [4.69, 9.17) is 9.97 Å². The fraction of sp³-hybridized carbons (Fsp3) is 0.0811. The molecule has 0 spiro atoms. The number of fused-ring (bicyclic) bond motifs is 10. The molecule has 3 heterocycles. The lowest BCUT2D eigenvalue weighted by molar-refractivity contribution is 0.330. The molecule has 46 heavy (non-hydrogen) atoms. The van der Waals surface area contributed by atoms with Crippen LogP contribution in [0.3, 0.4) is 0 Å². The first-order valence-electron chi connectivity index (χ1n) is 14.7. The van der Waals surface area contributed by atoms with Crippen LogP contribution < -0.4 is 0 Å². The molecule has 0 fully saturated rings. The van der Waals surface area contributed by atoms with Crippen molar-refractivity contribution in [3.63, 3.8) is 0 Å². The second-order valence-electron chi connectivity index (χ2n) is 12.2. The van der Waals surface area contributed by atoms with Gasteiger partial charge in [0, 0.05) is 26.5 Å². The fourth-order valence-electron chi connectivity index (χ4n) is 7.25. The van der Waals surface area contributed by atoms with Crippen LogP contribution in [0.15, 0.2) is 84.9 Å². The molecule has 0 unspecified atom stereocenters. The molecular formula is C37H25N3O5S. The van der Waals surface area contributed by atoms with E-state index < -0.39 is 28.7 Å². The number of phenols is 5. The van der Waals surface area contributed by atoms with Gasteiger partial charge in [0.05, 0.1) is 32.5 Å². The maximum atomic E-state index is 11.0. The van der Waals surface area contributed by atoms with Gasteiger partial charge < -0.3 is 25.5 Å². The molecule has 3 aromatic heterocycles. The number of hydrogen-bond acceptors (Lipinski definition) is 8. The third-order valence-corrected chi connectivity index (χ3v) is 10.6. The Balaban J connectivity index is 1.44. The van der Waals surface area contributed by atoms with Gasteiger partial charge >= 0.3 is 0 Å². The Kier molecular flexibility index (Phi) is 5.14. The van der Waals surface area contributed by atoms with Crippen molar-refractivity contribution in [2.24, 2.45) is 0 Å². The lowest BCUT2D eigenvalue weighted by atomic mass is 9.81. The molecule has 0 atom stereocenters. The molecule has 0 amide bonds. The van der Waals surface area contributed by atoms with E-state index in [1.54, 1.807) is 29.5 Å². The molecule has 0 saturated carbocycles. The van der Waals surface area contributed by atoms with E-state index in [2.05, 4.69) is 56.3 Å². The van der Waals surface area contributed by atoms with Gasteiger partial charge in [-0.05, 0) is 34.2 Å². The van der Waals surface area contributed by atoms with Crippen LogP contribution in [0.25, 0.3) is 70.4 Å². The summed E-state index contributed by atoms with van der Waals surface area (Å²) in [6.07, 6.45) is 0. The zero-order valence-electron chi connectivity index (χ0n) is 24.6. The molecule has 0 bridgehead atoms. The van der Waals surface area contributed by atoms with E-state index in [1.165, 1.54) is 21.6 Å². The highest BCUT2D eigenvalue weighted by Crippen LogP contribution is 2.57. The normalized spacial score (nSPS) is 13.6. The summed E-state index contributed by atoms with van der Waals surface area (Å²) in [6.45, 7) is 4.54. The number of benzene rings is 5. The Bertz CT molecular complexity index is 2610. The molecule has 8 nitrogen and oxygen atoms in total. The van der Waals surface area contributed by atoms with Gasteiger partial charge in [-0.15, -0.1) is 11.3 Å². The summed E-state index contributed by atoms with van der Waals surface area (Å²) in [7, 11) is 0. The summed E-state index contributed by atoms with van der Waals surface area (Å²) in [5, 5.41) is 56.5. The van der Waals surface area contributed by atoms with Crippen LogP contribution in [0, 0.1) is 0 Å². The number of thiophene rings is 1. The highest BCUT2D eigenvalue weighted by molar-refractivity contribution is 7.23. The second kappa shape index (κ2) is 8.89. The van der Waals surface area contributed by atoms with Crippen molar-refractivity contribution in [2.45, 2.75) is 19.3 Å². The molecule has 224 valence electrons. The van der Waals surface area contributed by atoms with Crippen molar-refractivity contribution < 1.29 is 25.5 Å². The van der Waals surface area contributed by atoms with Gasteiger partial charge in [-0.2, -0.15) is 0 Å². The van der Waals surface area contributed by atoms with E-state index in [0.717, 1.165) is 31.9 Å². The number of aromatic hydroxyl groups is 5. The number of nitrogens with zero attached hydrogens (tertiary/aromatic N) is 3. The largest absolute Gasteiger partial charge is 0.504 e. The molecule has 9 heteroatoms. The Labute approximate surface area is 265 Å². The van der Waals surface area contributed by atoms with E-state index >= 15 is 0 Å². The number of para-hydroxylation sites is 2. The van der Waals surface area contributed by atoms with Crippen molar-refractivity contribution in [2.75, 3.05) is 0 Å². The smallest absolute Gasteiger partial charge is 0.235 e. The van der Waals surface area contributed by atoms with E-state index in [-0.39, 0.29) is 22.6 Å². The highest BCUT2D eigenvalue weighted by Gasteiger charge is 2.39. The number of rotatable bonds is 2. The highest BCUT2D eigenvalue weighted by atomic mass is 32.1. The molecule has 5 N–H and O–H groups in total. The van der Waals surface area contributed by atoms with Crippen LogP contribution in [0.1, 0.15) is 25.0 Å². The minimum atomic E-state index is -1.03. The SMILES string of the molecule is CC1(C)c2ccccc2-c2sc3c(ccc4c5ccccc5n(-c5nc(-c6c(O)c(O)c(O)c(O)c6O)c6ccccc6n5)c43)c21. The van der Waals surface area contributed by atoms with E-state index in [9.17, 15) is 25.5 Å². The topological polar surface area (TPSA) is 132 Å². The molecule has 0 aliphatic heterocycles. The van der Waals surface area contributed by atoms with Gasteiger partial charge in [0.15, 0.2) is 11.5 Å². The quantitative estimate of drug-likeness (QED) is 0.0964. The molecule has 0 radical (unpaired) electrons. The fourth-order valence-corrected chi connectivity index (χ4v) is 8.78. The van der Waals surface area contributed by atoms with Crippen LogP contribution in [0.4, 0.5) is 0 Å². The molecule has 1 aliphatic rings. The maximum Gasteiger partial charge on any atom is 0.235 e. The zero-order chi connectivity index (χ0) is 31.6. The first-order valence-corrected chi connectivity index (χ1v) is 15.6. The molecule has 9 rings (SSSR count). The van der Waals surface area contributed by atoms with Gasteiger partial charge in [0.25, 0.3) is 0 Å². The lowest BCUT2D eigenvalue weighted by Gasteiger charge is -2.21. The van der Waals surface area contributed by atoms with Gasteiger partial charge in [-0.1, -0.05) is 86.6 Å². The van der Waals surface area contributed by atoms with Gasteiger partial charge in [0.2, 0.25) is 23.2 Å². The monoisotopic (exact) mass is 623 g/mol. The van der Waals surface area contributed by atoms with Gasteiger partial charge in [0.1, 0.15) is 0 Å². The van der Waals surface area contributed by atoms with Crippen molar-refractivity contribution in [1.29, 1.82) is 0 Å². The summed E-state index contributed by atoms with van der Waals surface area (Å²) >= 11 is 1.75. The Hall–Kier alpha value is -5.80. The minimum absolute atomic E-state index is 0.0723. The minimum Gasteiger partial charge on any atom is -0.504 e. The predicted octanol–water partition coefficient (Wildman–Crippen LogP) is 8.44. The average molecular weight is 624 g/mol. The summed E-state index contributed by atoms with van der Waals surface area (Å²) in [5.41, 5.74) is 5.69. The van der Waals surface area contributed by atoms with Crippen molar-refractivity contribution in [3.05, 3.63) is 96.1 Å². The van der Waals surface area contributed by atoms with Crippen LogP contribution >= 0.6 is 11.3 Å². The number of aromatic nitrogens is 3.